The highest BCUT2D eigenvalue weighted by Gasteiger charge is 2.43. The molecule has 49 heavy (non-hydrogen) atoms. The first-order valence-corrected chi connectivity index (χ1v) is 18.2. The normalized spacial score (nSPS) is 24.7. The number of hydrogen-bond donors (Lipinski definition) is 2. The summed E-state index contributed by atoms with van der Waals surface area (Å²) in [7, 11) is 1.68. The molecule has 1 saturated heterocycles. The molecule has 1 aliphatic heterocycles. The molecule has 4 heterocycles. The van der Waals surface area contributed by atoms with Crippen molar-refractivity contribution in [2.75, 3.05) is 31.6 Å². The lowest BCUT2D eigenvalue weighted by Gasteiger charge is -2.48. The standard InChI is InChI=1S/C38H54N6O5/c1-6-38(47)23-42(24-38)37(46)49-32-13-11-29(12-14-32)36(45)43(35-19-30(17-18-39-35)31-20-40-44(22-31)25(2)3)21-27-7-9-28(10-8-27)33-15-16-34(48-5)26(4)41-33/h15-20,22,25,27-29,32,37,46-47H,6-14,21,23-24H2,1-5H3. The van der Waals surface area contributed by atoms with Gasteiger partial charge in [-0.15, -0.1) is 0 Å². The maximum absolute atomic E-state index is 14.4. The number of aliphatic hydroxyl groups excluding tert-OH is 1. The van der Waals surface area contributed by atoms with Crippen LogP contribution in [0.5, 0.6) is 5.75 Å². The van der Waals surface area contributed by atoms with E-state index in [1.54, 1.807) is 18.2 Å². The number of ether oxygens (including phenoxy) is 2. The fourth-order valence-electron chi connectivity index (χ4n) is 7.74. The predicted octanol–water partition coefficient (Wildman–Crippen LogP) is 5.85. The summed E-state index contributed by atoms with van der Waals surface area (Å²) in [6, 6.07) is 8.38. The van der Waals surface area contributed by atoms with E-state index < -0.39 is 12.0 Å². The van der Waals surface area contributed by atoms with E-state index in [0.29, 0.717) is 69.4 Å². The zero-order chi connectivity index (χ0) is 34.7. The fraction of sp³-hybridized carbons (Fsp3) is 0.632. The van der Waals surface area contributed by atoms with Crippen LogP contribution in [0.2, 0.25) is 0 Å². The van der Waals surface area contributed by atoms with Crippen LogP contribution in [0.3, 0.4) is 0 Å². The number of likely N-dealkylation sites (tertiary alicyclic amines) is 1. The number of rotatable bonds is 12. The molecule has 2 N–H and O–H groups in total. The SMILES string of the molecule is CCC1(O)CN(C(O)OC2CCC(C(=O)N(CC3CCC(c4ccc(OC)c(C)n4)CC3)c3cc(-c4cnn(C(C)C)c4)ccn3)CC2)C1. The van der Waals surface area contributed by atoms with Crippen molar-refractivity contribution in [3.8, 4) is 16.9 Å². The van der Waals surface area contributed by atoms with Crippen LogP contribution >= 0.6 is 0 Å². The lowest BCUT2D eigenvalue weighted by molar-refractivity contribution is -0.274. The monoisotopic (exact) mass is 674 g/mol. The number of aryl methyl sites for hydroxylation is 1. The van der Waals surface area contributed by atoms with Crippen LogP contribution in [0.15, 0.2) is 42.9 Å². The van der Waals surface area contributed by atoms with Crippen molar-refractivity contribution in [2.45, 2.75) is 116 Å². The molecular weight excluding hydrogens is 620 g/mol. The summed E-state index contributed by atoms with van der Waals surface area (Å²) < 4.78 is 13.4. The Labute approximate surface area is 290 Å². The molecular formula is C38H54N6O5. The third-order valence-electron chi connectivity index (χ3n) is 11.0. The molecule has 2 aliphatic carbocycles. The number of anilines is 1. The van der Waals surface area contributed by atoms with E-state index in [-0.39, 0.29) is 24.0 Å². The van der Waals surface area contributed by atoms with Gasteiger partial charge < -0.3 is 19.7 Å². The first-order chi connectivity index (χ1) is 23.6. The second kappa shape index (κ2) is 15.2. The molecule has 1 atom stereocenters. The van der Waals surface area contributed by atoms with Gasteiger partial charge in [0.25, 0.3) is 0 Å². The van der Waals surface area contributed by atoms with Gasteiger partial charge in [-0.3, -0.25) is 19.4 Å². The lowest BCUT2D eigenvalue weighted by Crippen LogP contribution is -2.65. The number of aromatic nitrogens is 4. The number of β-amino-alcohol motifs (C(OH)–C–C–N with tert-alkyl or cyclic N) is 1. The van der Waals surface area contributed by atoms with E-state index in [2.05, 4.69) is 25.0 Å². The molecule has 266 valence electrons. The van der Waals surface area contributed by atoms with Gasteiger partial charge in [0.05, 0.1) is 30.7 Å². The number of amides is 1. The number of nitrogens with zero attached hydrogens (tertiary/aromatic N) is 6. The number of carbonyl (C=O) groups excluding carboxylic acids is 1. The van der Waals surface area contributed by atoms with E-state index >= 15 is 0 Å². The zero-order valence-corrected chi connectivity index (χ0v) is 29.8. The van der Waals surface area contributed by atoms with Gasteiger partial charge in [0.1, 0.15) is 11.6 Å². The maximum atomic E-state index is 14.4. The molecule has 3 aliphatic rings. The Morgan fingerprint density at radius 2 is 1.80 bits per heavy atom. The highest BCUT2D eigenvalue weighted by Crippen LogP contribution is 2.38. The molecule has 2 saturated carbocycles. The molecule has 0 radical (unpaired) electrons. The number of hydrogen-bond acceptors (Lipinski definition) is 9. The van der Waals surface area contributed by atoms with Crippen molar-refractivity contribution in [3.63, 3.8) is 0 Å². The van der Waals surface area contributed by atoms with E-state index in [1.165, 1.54) is 0 Å². The minimum atomic E-state index is -1.03. The van der Waals surface area contributed by atoms with Crippen LogP contribution in [0.25, 0.3) is 11.1 Å². The Kier molecular flexibility index (Phi) is 11.0. The molecule has 0 aromatic carbocycles. The number of pyridine rings is 2. The van der Waals surface area contributed by atoms with Crippen LogP contribution in [0, 0.1) is 18.8 Å². The van der Waals surface area contributed by atoms with Crippen molar-refractivity contribution in [1.82, 2.24) is 24.6 Å². The summed E-state index contributed by atoms with van der Waals surface area (Å²) in [4.78, 5) is 27.7. The highest BCUT2D eigenvalue weighted by atomic mass is 16.6. The summed E-state index contributed by atoms with van der Waals surface area (Å²) in [6.07, 6.45) is 12.1. The van der Waals surface area contributed by atoms with Gasteiger partial charge in [0.2, 0.25) is 12.3 Å². The Balaban J connectivity index is 1.13. The van der Waals surface area contributed by atoms with Gasteiger partial charge in [0.15, 0.2) is 0 Å². The van der Waals surface area contributed by atoms with E-state index in [4.69, 9.17) is 19.4 Å². The Morgan fingerprint density at radius 1 is 1.06 bits per heavy atom. The van der Waals surface area contributed by atoms with E-state index in [9.17, 15) is 15.0 Å². The van der Waals surface area contributed by atoms with Gasteiger partial charge in [0, 0.05) is 61.2 Å². The van der Waals surface area contributed by atoms with Crippen molar-refractivity contribution < 1.29 is 24.5 Å². The highest BCUT2D eigenvalue weighted by molar-refractivity contribution is 5.94. The Morgan fingerprint density at radius 3 is 2.43 bits per heavy atom. The predicted molar refractivity (Wildman–Crippen MR) is 188 cm³/mol. The largest absolute Gasteiger partial charge is 0.495 e. The number of aliphatic hydroxyl groups is 2. The quantitative estimate of drug-likeness (QED) is 0.228. The average molecular weight is 675 g/mol. The average Bonchev–Trinajstić information content (AvgIpc) is 3.61. The third-order valence-corrected chi connectivity index (χ3v) is 11.0. The van der Waals surface area contributed by atoms with Gasteiger partial charge >= 0.3 is 0 Å². The molecule has 1 unspecified atom stereocenters. The Hall–Kier alpha value is -3.38. The fourth-order valence-corrected chi connectivity index (χ4v) is 7.74. The van der Waals surface area contributed by atoms with Crippen molar-refractivity contribution in [3.05, 3.63) is 54.2 Å². The van der Waals surface area contributed by atoms with Crippen LogP contribution in [-0.4, -0.2) is 85.6 Å². The molecule has 11 nitrogen and oxygen atoms in total. The molecule has 6 rings (SSSR count). The summed E-state index contributed by atoms with van der Waals surface area (Å²) in [6.45, 7) is 9.61. The first-order valence-electron chi connectivity index (χ1n) is 18.2. The third kappa shape index (κ3) is 8.17. The van der Waals surface area contributed by atoms with Gasteiger partial charge in [-0.25, -0.2) is 9.88 Å². The zero-order valence-electron chi connectivity index (χ0n) is 29.8. The van der Waals surface area contributed by atoms with Crippen LogP contribution in [-0.2, 0) is 9.53 Å². The van der Waals surface area contributed by atoms with Crippen molar-refractivity contribution in [2.24, 2.45) is 11.8 Å². The molecule has 3 fully saturated rings. The second-order valence-corrected chi connectivity index (χ2v) is 14.8. The van der Waals surface area contributed by atoms with E-state index in [1.807, 2.05) is 54.0 Å². The van der Waals surface area contributed by atoms with Crippen LogP contribution < -0.4 is 9.64 Å². The second-order valence-electron chi connectivity index (χ2n) is 14.8. The lowest BCUT2D eigenvalue weighted by atomic mass is 9.79. The van der Waals surface area contributed by atoms with Gasteiger partial charge in [-0.2, -0.15) is 5.10 Å². The minimum absolute atomic E-state index is 0.117. The summed E-state index contributed by atoms with van der Waals surface area (Å²) >= 11 is 0. The molecule has 11 heteroatoms. The van der Waals surface area contributed by atoms with Crippen molar-refractivity contribution >= 4 is 11.7 Å². The summed E-state index contributed by atoms with van der Waals surface area (Å²) in [5.74, 6) is 2.25. The van der Waals surface area contributed by atoms with Crippen LogP contribution in [0.1, 0.15) is 102 Å². The first kappa shape index (κ1) is 35.4. The molecule has 0 bridgehead atoms. The molecule has 3 aromatic rings. The molecule has 1 amide bonds. The molecule has 3 aromatic heterocycles. The molecule has 0 spiro atoms. The topological polar surface area (TPSA) is 126 Å². The number of methoxy groups -OCH3 is 1. The van der Waals surface area contributed by atoms with Crippen molar-refractivity contribution in [1.29, 1.82) is 0 Å². The van der Waals surface area contributed by atoms with Gasteiger partial charge in [-0.1, -0.05) is 6.92 Å². The smallest absolute Gasteiger partial charge is 0.231 e. The van der Waals surface area contributed by atoms with Gasteiger partial charge in [-0.05, 0) is 114 Å². The van der Waals surface area contributed by atoms with E-state index in [0.717, 1.165) is 53.9 Å². The summed E-state index contributed by atoms with van der Waals surface area (Å²) in [5, 5.41) is 25.5. The summed E-state index contributed by atoms with van der Waals surface area (Å²) in [5.41, 5.74) is 3.31. The minimum Gasteiger partial charge on any atom is -0.495 e. The maximum Gasteiger partial charge on any atom is 0.231 e. The van der Waals surface area contributed by atoms with Crippen LogP contribution in [0.4, 0.5) is 5.82 Å². The number of carbonyl (C=O) groups is 1. The Bertz CT molecular complexity index is 1560.